The van der Waals surface area contributed by atoms with E-state index in [1.165, 1.54) is 0 Å². The standard InChI is InChI=1S/C19H27N3O/c1-7-15-10-11-16(12-17(15)20-8-2)19(5)13-18(23)21(6)14(4)22(19)9-3/h7,10-12,20H,1,4,8-9,13H2,2-3,5-6H3/t19-/m0/s1. The van der Waals surface area contributed by atoms with E-state index in [2.05, 4.69) is 62.3 Å². The molecule has 1 amide bonds. The summed E-state index contributed by atoms with van der Waals surface area (Å²) in [4.78, 5) is 16.2. The van der Waals surface area contributed by atoms with Gasteiger partial charge in [-0.05, 0) is 38.0 Å². The van der Waals surface area contributed by atoms with Crippen LogP contribution in [-0.2, 0) is 10.3 Å². The van der Waals surface area contributed by atoms with E-state index < -0.39 is 0 Å². The van der Waals surface area contributed by atoms with Crippen molar-refractivity contribution < 1.29 is 4.79 Å². The monoisotopic (exact) mass is 313 g/mol. The first-order chi connectivity index (χ1) is 10.9. The summed E-state index contributed by atoms with van der Waals surface area (Å²) in [5, 5.41) is 3.38. The van der Waals surface area contributed by atoms with E-state index >= 15 is 0 Å². The van der Waals surface area contributed by atoms with Gasteiger partial charge in [-0.2, -0.15) is 0 Å². The number of anilines is 1. The number of hydrogen-bond donors (Lipinski definition) is 1. The summed E-state index contributed by atoms with van der Waals surface area (Å²) in [5.74, 6) is 0.851. The molecule has 1 saturated heterocycles. The van der Waals surface area contributed by atoms with Crippen LogP contribution in [0.1, 0.15) is 38.3 Å². The maximum atomic E-state index is 12.4. The molecule has 2 rings (SSSR count). The zero-order valence-electron chi connectivity index (χ0n) is 14.6. The lowest BCUT2D eigenvalue weighted by Crippen LogP contribution is -2.54. The van der Waals surface area contributed by atoms with Gasteiger partial charge < -0.3 is 15.1 Å². The predicted octanol–water partition coefficient (Wildman–Crippen LogP) is 3.63. The van der Waals surface area contributed by atoms with Crippen LogP contribution in [0.15, 0.2) is 37.2 Å². The molecule has 1 N–H and O–H groups in total. The first-order valence-electron chi connectivity index (χ1n) is 8.13. The lowest BCUT2D eigenvalue weighted by Gasteiger charge is -2.50. The molecule has 0 saturated carbocycles. The minimum absolute atomic E-state index is 0.0972. The highest BCUT2D eigenvalue weighted by molar-refractivity contribution is 5.81. The van der Waals surface area contributed by atoms with Gasteiger partial charge in [0.2, 0.25) is 5.91 Å². The molecule has 0 spiro atoms. The Morgan fingerprint density at radius 1 is 1.39 bits per heavy atom. The maximum absolute atomic E-state index is 12.4. The summed E-state index contributed by atoms with van der Waals surface area (Å²) in [6.07, 6.45) is 2.29. The molecule has 0 bridgehead atoms. The van der Waals surface area contributed by atoms with Crippen molar-refractivity contribution >= 4 is 17.7 Å². The minimum atomic E-state index is -0.390. The summed E-state index contributed by atoms with van der Waals surface area (Å²) in [6.45, 7) is 15.9. The third-order valence-electron chi connectivity index (χ3n) is 4.74. The summed E-state index contributed by atoms with van der Waals surface area (Å²) < 4.78 is 0. The number of nitrogens with zero attached hydrogens (tertiary/aromatic N) is 2. The maximum Gasteiger partial charge on any atom is 0.230 e. The predicted molar refractivity (Wildman–Crippen MR) is 97.0 cm³/mol. The zero-order valence-corrected chi connectivity index (χ0v) is 14.6. The van der Waals surface area contributed by atoms with Crippen molar-refractivity contribution in [3.63, 3.8) is 0 Å². The molecule has 1 aromatic carbocycles. The van der Waals surface area contributed by atoms with E-state index in [-0.39, 0.29) is 11.4 Å². The second kappa shape index (κ2) is 6.49. The van der Waals surface area contributed by atoms with E-state index in [0.29, 0.717) is 6.42 Å². The number of rotatable bonds is 5. The molecular weight excluding hydrogens is 286 g/mol. The van der Waals surface area contributed by atoms with E-state index in [9.17, 15) is 4.79 Å². The highest BCUT2D eigenvalue weighted by Crippen LogP contribution is 2.40. The number of amides is 1. The van der Waals surface area contributed by atoms with Crippen molar-refractivity contribution in [3.8, 4) is 0 Å². The quantitative estimate of drug-likeness (QED) is 0.901. The number of hydrogen-bond acceptors (Lipinski definition) is 3. The largest absolute Gasteiger partial charge is 0.385 e. The van der Waals surface area contributed by atoms with Gasteiger partial charge in [0.15, 0.2) is 0 Å². The van der Waals surface area contributed by atoms with Crippen LogP contribution in [0.2, 0.25) is 0 Å². The Morgan fingerprint density at radius 2 is 2.09 bits per heavy atom. The van der Waals surface area contributed by atoms with Crippen molar-refractivity contribution in [1.82, 2.24) is 9.80 Å². The molecule has 0 aromatic heterocycles. The van der Waals surface area contributed by atoms with Crippen LogP contribution in [0.4, 0.5) is 5.69 Å². The average Bonchev–Trinajstić information content (AvgIpc) is 2.53. The van der Waals surface area contributed by atoms with Crippen LogP contribution in [0, 0.1) is 0 Å². The molecule has 1 aliphatic heterocycles. The van der Waals surface area contributed by atoms with Crippen LogP contribution in [0.3, 0.4) is 0 Å². The van der Waals surface area contributed by atoms with Crippen molar-refractivity contribution in [2.75, 3.05) is 25.5 Å². The van der Waals surface area contributed by atoms with Crippen molar-refractivity contribution in [1.29, 1.82) is 0 Å². The van der Waals surface area contributed by atoms with Crippen molar-refractivity contribution in [2.45, 2.75) is 32.7 Å². The normalized spacial score (nSPS) is 21.6. The third-order valence-corrected chi connectivity index (χ3v) is 4.74. The minimum Gasteiger partial charge on any atom is -0.385 e. The highest BCUT2D eigenvalue weighted by Gasteiger charge is 2.42. The summed E-state index contributed by atoms with van der Waals surface area (Å²) in [5.41, 5.74) is 2.84. The fraction of sp³-hybridized carbons (Fsp3) is 0.421. The zero-order chi connectivity index (χ0) is 17.2. The molecule has 1 aliphatic rings. The molecule has 1 aromatic rings. The van der Waals surface area contributed by atoms with Crippen LogP contribution in [-0.4, -0.2) is 35.8 Å². The molecule has 0 aliphatic carbocycles. The first-order valence-corrected chi connectivity index (χ1v) is 8.13. The van der Waals surface area contributed by atoms with Crippen LogP contribution in [0.5, 0.6) is 0 Å². The second-order valence-corrected chi connectivity index (χ2v) is 6.10. The second-order valence-electron chi connectivity index (χ2n) is 6.10. The van der Waals surface area contributed by atoms with Crippen LogP contribution >= 0.6 is 0 Å². The Morgan fingerprint density at radius 3 is 2.65 bits per heavy atom. The van der Waals surface area contributed by atoms with Crippen molar-refractivity contribution in [3.05, 3.63) is 48.3 Å². The first kappa shape index (κ1) is 17.1. The van der Waals surface area contributed by atoms with E-state index in [1.54, 1.807) is 11.9 Å². The van der Waals surface area contributed by atoms with Crippen molar-refractivity contribution in [2.24, 2.45) is 0 Å². The summed E-state index contributed by atoms with van der Waals surface area (Å²) in [6, 6.07) is 6.28. The van der Waals surface area contributed by atoms with E-state index in [4.69, 9.17) is 0 Å². The molecule has 1 atom stereocenters. The lowest BCUT2D eigenvalue weighted by molar-refractivity contribution is -0.137. The molecule has 1 heterocycles. The molecule has 4 nitrogen and oxygen atoms in total. The molecule has 1 fully saturated rings. The average molecular weight is 313 g/mol. The van der Waals surface area contributed by atoms with Gasteiger partial charge in [-0.15, -0.1) is 0 Å². The van der Waals surface area contributed by atoms with Gasteiger partial charge >= 0.3 is 0 Å². The van der Waals surface area contributed by atoms with Gasteiger partial charge in [0.05, 0.1) is 12.0 Å². The smallest absolute Gasteiger partial charge is 0.230 e. The van der Waals surface area contributed by atoms with Gasteiger partial charge in [0.25, 0.3) is 0 Å². The molecule has 0 unspecified atom stereocenters. The van der Waals surface area contributed by atoms with Crippen LogP contribution < -0.4 is 5.32 Å². The Bertz CT molecular complexity index is 638. The number of benzene rings is 1. The van der Waals surface area contributed by atoms with Gasteiger partial charge in [-0.1, -0.05) is 31.4 Å². The molecule has 124 valence electrons. The fourth-order valence-corrected chi connectivity index (χ4v) is 3.32. The SMILES string of the molecule is C=Cc1ccc([C@]2(C)CC(=O)N(C)C(=C)N2CC)cc1NCC. The Labute approximate surface area is 139 Å². The van der Waals surface area contributed by atoms with Crippen LogP contribution in [0.25, 0.3) is 6.08 Å². The fourth-order valence-electron chi connectivity index (χ4n) is 3.32. The lowest BCUT2D eigenvalue weighted by atomic mass is 9.83. The molecule has 4 heteroatoms. The van der Waals surface area contributed by atoms with Gasteiger partial charge in [-0.25, -0.2) is 0 Å². The summed E-state index contributed by atoms with van der Waals surface area (Å²) in [7, 11) is 1.79. The van der Waals surface area contributed by atoms with Gasteiger partial charge in [-0.3, -0.25) is 4.79 Å². The van der Waals surface area contributed by atoms with Gasteiger partial charge in [0, 0.05) is 25.8 Å². The molecular formula is C19H27N3O. The third kappa shape index (κ3) is 2.85. The number of carbonyl (C=O) groups is 1. The molecule has 23 heavy (non-hydrogen) atoms. The Kier molecular flexibility index (Phi) is 4.83. The highest BCUT2D eigenvalue weighted by atomic mass is 16.2. The number of carbonyl (C=O) groups excluding carboxylic acids is 1. The summed E-state index contributed by atoms with van der Waals surface area (Å²) >= 11 is 0. The Hall–Kier alpha value is -2.23. The van der Waals surface area contributed by atoms with E-state index in [1.807, 2.05) is 6.08 Å². The topological polar surface area (TPSA) is 35.6 Å². The molecule has 0 radical (unpaired) electrons. The van der Waals surface area contributed by atoms with Gasteiger partial charge in [0.1, 0.15) is 5.82 Å². The number of nitrogens with one attached hydrogen (secondary N) is 1. The van der Waals surface area contributed by atoms with E-state index in [0.717, 1.165) is 35.7 Å². The Balaban J connectivity index is 2.53.